The summed E-state index contributed by atoms with van der Waals surface area (Å²) in [5.41, 5.74) is 4.89. The van der Waals surface area contributed by atoms with Gasteiger partial charge in [0.05, 0.1) is 5.71 Å². The van der Waals surface area contributed by atoms with Gasteiger partial charge >= 0.3 is 0 Å². The molecule has 1 atom stereocenters. The van der Waals surface area contributed by atoms with E-state index in [1.54, 1.807) is 0 Å². The molecular formula is C14H13NO. The lowest BCUT2D eigenvalue weighted by Crippen LogP contribution is -2.21. The van der Waals surface area contributed by atoms with Crippen molar-refractivity contribution in [1.29, 1.82) is 0 Å². The third kappa shape index (κ3) is 1.07. The highest BCUT2D eigenvalue weighted by molar-refractivity contribution is 6.29. The molecule has 2 heteroatoms. The lowest BCUT2D eigenvalue weighted by molar-refractivity contribution is 0.103. The van der Waals surface area contributed by atoms with Crippen molar-refractivity contribution >= 4 is 11.5 Å². The fourth-order valence-corrected chi connectivity index (χ4v) is 2.63. The largest absolute Gasteiger partial charge is 0.289 e. The number of hydrogen-bond acceptors (Lipinski definition) is 2. The molecule has 0 spiro atoms. The maximum absolute atomic E-state index is 12.2. The first-order chi connectivity index (χ1) is 7.70. The lowest BCUT2D eigenvalue weighted by atomic mass is 9.81. The molecule has 2 nitrogen and oxygen atoms in total. The molecule has 1 aliphatic carbocycles. The van der Waals surface area contributed by atoms with Crippen molar-refractivity contribution in [2.45, 2.75) is 13.8 Å². The van der Waals surface area contributed by atoms with E-state index in [1.807, 2.05) is 31.2 Å². The molecule has 1 aromatic rings. The predicted octanol–water partition coefficient (Wildman–Crippen LogP) is 2.64. The highest BCUT2D eigenvalue weighted by Gasteiger charge is 2.33. The maximum atomic E-state index is 12.2. The van der Waals surface area contributed by atoms with Crippen LogP contribution in [0.3, 0.4) is 0 Å². The van der Waals surface area contributed by atoms with E-state index in [1.165, 1.54) is 0 Å². The Morgan fingerprint density at radius 1 is 1.25 bits per heavy atom. The van der Waals surface area contributed by atoms with E-state index in [4.69, 9.17) is 0 Å². The predicted molar refractivity (Wildman–Crippen MR) is 64.0 cm³/mol. The molecule has 2 aliphatic rings. The van der Waals surface area contributed by atoms with E-state index < -0.39 is 0 Å². The molecular weight excluding hydrogens is 198 g/mol. The van der Waals surface area contributed by atoms with Crippen molar-refractivity contribution < 1.29 is 4.79 Å². The molecule has 0 fully saturated rings. The van der Waals surface area contributed by atoms with Crippen LogP contribution in [0.1, 0.15) is 29.8 Å². The molecule has 0 saturated carbocycles. The second kappa shape index (κ2) is 3.14. The minimum absolute atomic E-state index is 0.165. The number of carbonyl (C=O) groups excluding carboxylic acids is 1. The third-order valence-corrected chi connectivity index (χ3v) is 3.44. The number of fused-ring (bicyclic) bond motifs is 3. The number of rotatable bonds is 0. The Morgan fingerprint density at radius 2 is 1.94 bits per heavy atom. The van der Waals surface area contributed by atoms with Gasteiger partial charge in [-0.15, -0.1) is 0 Å². The Bertz CT molecular complexity index is 552. The molecule has 16 heavy (non-hydrogen) atoms. The monoisotopic (exact) mass is 211 g/mol. The van der Waals surface area contributed by atoms with Crippen LogP contribution in [0.5, 0.6) is 0 Å². The van der Waals surface area contributed by atoms with E-state index in [2.05, 4.69) is 11.9 Å². The Hall–Kier alpha value is -1.70. The van der Waals surface area contributed by atoms with Crippen LogP contribution in [0.4, 0.5) is 0 Å². The Labute approximate surface area is 94.7 Å². The first-order valence-electron chi connectivity index (χ1n) is 5.60. The van der Waals surface area contributed by atoms with Crippen molar-refractivity contribution in [2.24, 2.45) is 10.9 Å². The van der Waals surface area contributed by atoms with E-state index >= 15 is 0 Å². The van der Waals surface area contributed by atoms with Crippen molar-refractivity contribution in [2.75, 3.05) is 6.54 Å². The molecule has 1 aromatic carbocycles. The summed E-state index contributed by atoms with van der Waals surface area (Å²) in [5.74, 6) is 0.547. The number of ketones is 1. The van der Waals surface area contributed by atoms with Crippen LogP contribution < -0.4 is 0 Å². The van der Waals surface area contributed by atoms with Gasteiger partial charge in [-0.3, -0.25) is 9.79 Å². The van der Waals surface area contributed by atoms with Gasteiger partial charge in [0.1, 0.15) is 0 Å². The van der Waals surface area contributed by atoms with Crippen LogP contribution in [-0.2, 0) is 0 Å². The van der Waals surface area contributed by atoms with Gasteiger partial charge in [0.2, 0.25) is 0 Å². The molecule has 3 rings (SSSR count). The average molecular weight is 211 g/mol. The van der Waals surface area contributed by atoms with E-state index in [9.17, 15) is 4.79 Å². The molecule has 1 unspecified atom stereocenters. The molecule has 0 N–H and O–H groups in total. The minimum Gasteiger partial charge on any atom is -0.289 e. The van der Waals surface area contributed by atoms with Crippen molar-refractivity contribution in [3.8, 4) is 0 Å². The number of benzene rings is 1. The van der Waals surface area contributed by atoms with Crippen LogP contribution in [-0.4, -0.2) is 18.0 Å². The molecule has 80 valence electrons. The SMILES string of the molecule is CC1=C2C(=NCC2C)c2ccccc2C1=O. The van der Waals surface area contributed by atoms with Crippen molar-refractivity contribution in [1.82, 2.24) is 0 Å². The Morgan fingerprint density at radius 3 is 2.69 bits per heavy atom. The highest BCUT2D eigenvalue weighted by atomic mass is 16.1. The molecule has 0 radical (unpaired) electrons. The second-order valence-corrected chi connectivity index (χ2v) is 4.50. The minimum atomic E-state index is 0.165. The summed E-state index contributed by atoms with van der Waals surface area (Å²) in [7, 11) is 0. The number of nitrogens with zero attached hydrogens (tertiary/aromatic N) is 1. The fourth-order valence-electron chi connectivity index (χ4n) is 2.63. The van der Waals surface area contributed by atoms with E-state index in [0.717, 1.165) is 34.5 Å². The van der Waals surface area contributed by atoms with Crippen molar-refractivity contribution in [3.63, 3.8) is 0 Å². The molecule has 0 amide bonds. The summed E-state index contributed by atoms with van der Waals surface area (Å²) in [6.45, 7) is 4.87. The van der Waals surface area contributed by atoms with Crippen LogP contribution in [0.25, 0.3) is 0 Å². The third-order valence-electron chi connectivity index (χ3n) is 3.44. The number of carbonyl (C=O) groups is 1. The van der Waals surface area contributed by atoms with Gasteiger partial charge in [0.15, 0.2) is 5.78 Å². The molecule has 0 aromatic heterocycles. The van der Waals surface area contributed by atoms with Gasteiger partial charge < -0.3 is 0 Å². The van der Waals surface area contributed by atoms with E-state index in [0.29, 0.717) is 5.92 Å². The van der Waals surface area contributed by atoms with Crippen LogP contribution in [0, 0.1) is 5.92 Å². The molecule has 0 saturated heterocycles. The van der Waals surface area contributed by atoms with Crippen molar-refractivity contribution in [3.05, 3.63) is 46.5 Å². The molecule has 0 bridgehead atoms. The Kier molecular flexibility index (Phi) is 1.87. The first kappa shape index (κ1) is 9.52. The zero-order chi connectivity index (χ0) is 11.3. The van der Waals surface area contributed by atoms with Crippen LogP contribution in [0.15, 0.2) is 40.4 Å². The smallest absolute Gasteiger partial charge is 0.189 e. The van der Waals surface area contributed by atoms with Crippen LogP contribution in [0.2, 0.25) is 0 Å². The summed E-state index contributed by atoms with van der Waals surface area (Å²) in [6.07, 6.45) is 0. The van der Waals surface area contributed by atoms with Gasteiger partial charge in [-0.2, -0.15) is 0 Å². The zero-order valence-corrected chi connectivity index (χ0v) is 9.45. The highest BCUT2D eigenvalue weighted by Crippen LogP contribution is 2.34. The lowest BCUT2D eigenvalue weighted by Gasteiger charge is -2.20. The number of allylic oxidation sites excluding steroid dienone is 1. The number of Topliss-reactive ketones (excluding diaryl/α,β-unsaturated/α-hetero) is 1. The fraction of sp³-hybridized carbons (Fsp3) is 0.286. The van der Waals surface area contributed by atoms with Gasteiger partial charge in [-0.1, -0.05) is 31.2 Å². The zero-order valence-electron chi connectivity index (χ0n) is 9.45. The first-order valence-corrected chi connectivity index (χ1v) is 5.60. The normalized spacial score (nSPS) is 23.0. The standard InChI is InChI=1S/C14H13NO/c1-8-7-15-13-10-5-3-4-6-11(10)14(16)9(2)12(8)13/h3-6,8H,7H2,1-2H3. The van der Waals surface area contributed by atoms with E-state index in [-0.39, 0.29) is 5.78 Å². The maximum Gasteiger partial charge on any atom is 0.189 e. The summed E-state index contributed by atoms with van der Waals surface area (Å²) >= 11 is 0. The summed E-state index contributed by atoms with van der Waals surface area (Å²) in [5, 5.41) is 0. The van der Waals surface area contributed by atoms with Gasteiger partial charge in [0.25, 0.3) is 0 Å². The quantitative estimate of drug-likeness (QED) is 0.648. The molecule has 1 aliphatic heterocycles. The van der Waals surface area contributed by atoms with Crippen LogP contribution >= 0.6 is 0 Å². The summed E-state index contributed by atoms with van der Waals surface area (Å²) in [4.78, 5) is 16.8. The van der Waals surface area contributed by atoms with Gasteiger partial charge in [-0.25, -0.2) is 0 Å². The number of aliphatic imine (C=N–C) groups is 1. The summed E-state index contributed by atoms with van der Waals surface area (Å²) < 4.78 is 0. The second-order valence-electron chi connectivity index (χ2n) is 4.50. The number of hydrogen-bond donors (Lipinski definition) is 0. The Balaban J connectivity index is 2.31. The summed E-state index contributed by atoms with van der Waals surface area (Å²) in [6, 6.07) is 7.77. The van der Waals surface area contributed by atoms with Gasteiger partial charge in [-0.05, 0) is 12.5 Å². The average Bonchev–Trinajstić information content (AvgIpc) is 2.69. The van der Waals surface area contributed by atoms with Gasteiger partial charge in [0, 0.05) is 29.2 Å². The molecule has 1 heterocycles. The topological polar surface area (TPSA) is 29.4 Å².